The highest BCUT2D eigenvalue weighted by molar-refractivity contribution is 7.99. The maximum Gasteiger partial charge on any atom is 0.248 e. The molecule has 190 valence electrons. The lowest BCUT2D eigenvalue weighted by molar-refractivity contribution is -0.111. The number of nitrogens with one attached hydrogen (secondary N) is 1. The molecule has 2 aromatic rings. The van der Waals surface area contributed by atoms with E-state index in [4.69, 9.17) is 18.9 Å². The lowest BCUT2D eigenvalue weighted by Crippen LogP contribution is -2.48. The molecule has 0 aliphatic carbocycles. The molecule has 13 heteroatoms. The molecule has 3 heterocycles. The zero-order valence-corrected chi connectivity index (χ0v) is 21.0. The maximum absolute atomic E-state index is 11.6. The van der Waals surface area contributed by atoms with E-state index >= 15 is 0 Å². The Bertz CT molecular complexity index is 963. The van der Waals surface area contributed by atoms with Gasteiger partial charge in [0.2, 0.25) is 23.6 Å². The second-order valence-corrected chi connectivity index (χ2v) is 8.30. The summed E-state index contributed by atoms with van der Waals surface area (Å²) in [7, 11) is 4.74. The molecule has 0 unspecified atom stereocenters. The molecular formula is C22H31N7O5S. The normalized spacial score (nSPS) is 14.0. The third kappa shape index (κ3) is 7.75. The zero-order chi connectivity index (χ0) is 25.0. The molecule has 1 fully saturated rings. The third-order valence-electron chi connectivity index (χ3n) is 5.08. The van der Waals surface area contributed by atoms with Gasteiger partial charge < -0.3 is 29.2 Å². The van der Waals surface area contributed by atoms with Crippen molar-refractivity contribution in [1.82, 2.24) is 24.8 Å². The van der Waals surface area contributed by atoms with E-state index in [1.165, 1.54) is 17.8 Å². The summed E-state index contributed by atoms with van der Waals surface area (Å²) in [4.78, 5) is 34.4. The molecule has 0 atom stereocenters. The smallest absolute Gasteiger partial charge is 0.248 e. The molecule has 0 saturated carbocycles. The summed E-state index contributed by atoms with van der Waals surface area (Å²) in [5, 5.41) is 2.99. The average molecular weight is 506 g/mol. The summed E-state index contributed by atoms with van der Waals surface area (Å²) < 4.78 is 21.7. The molecule has 2 aromatic heterocycles. The van der Waals surface area contributed by atoms with Gasteiger partial charge in [-0.2, -0.15) is 9.97 Å². The quantitative estimate of drug-likeness (QED) is 0.240. The van der Waals surface area contributed by atoms with Crippen molar-refractivity contribution >= 4 is 29.4 Å². The average Bonchev–Trinajstić information content (AvgIpc) is 2.89. The second-order valence-electron chi connectivity index (χ2n) is 7.33. The standard InChI is InChI=1S/C22H31N7O5S/c1-5-17(30)24-16-6-7-23-22(25-16)35-18-19(32-3)26-21(27-20(18)33-4)29-10-8-28(9-11-29)12-13-34-15-14-31-2/h5-7H,1,8-15H2,2-4H3,(H,23,24,25,30). The van der Waals surface area contributed by atoms with E-state index in [0.29, 0.717) is 53.4 Å². The molecule has 0 spiro atoms. The van der Waals surface area contributed by atoms with Crippen molar-refractivity contribution in [3.05, 3.63) is 24.9 Å². The highest BCUT2D eigenvalue weighted by atomic mass is 32.2. The van der Waals surface area contributed by atoms with Crippen molar-refractivity contribution in [3.8, 4) is 11.8 Å². The Hall–Kier alpha value is -3.00. The Kier molecular flexibility index (Phi) is 10.5. The van der Waals surface area contributed by atoms with Crippen LogP contribution in [0, 0.1) is 0 Å². The van der Waals surface area contributed by atoms with Gasteiger partial charge in [0.1, 0.15) is 10.7 Å². The number of carbonyl (C=O) groups is 1. The number of hydrogen-bond donors (Lipinski definition) is 1. The molecule has 1 N–H and O–H groups in total. The highest BCUT2D eigenvalue weighted by Crippen LogP contribution is 2.39. The summed E-state index contributed by atoms with van der Waals surface area (Å²) >= 11 is 1.19. The number of methoxy groups -OCH3 is 3. The van der Waals surface area contributed by atoms with Crippen LogP contribution in [0.5, 0.6) is 11.8 Å². The fourth-order valence-electron chi connectivity index (χ4n) is 3.24. The number of anilines is 2. The van der Waals surface area contributed by atoms with Gasteiger partial charge in [-0.25, -0.2) is 9.97 Å². The lowest BCUT2D eigenvalue weighted by Gasteiger charge is -2.34. The number of nitrogens with zero attached hydrogens (tertiary/aromatic N) is 6. The van der Waals surface area contributed by atoms with E-state index in [9.17, 15) is 4.79 Å². The van der Waals surface area contributed by atoms with E-state index in [1.807, 2.05) is 0 Å². The minimum Gasteiger partial charge on any atom is -0.480 e. The van der Waals surface area contributed by atoms with Crippen molar-refractivity contribution in [2.75, 3.05) is 84.1 Å². The number of piperazine rings is 1. The summed E-state index contributed by atoms with van der Waals surface area (Å²) in [6, 6.07) is 1.59. The van der Waals surface area contributed by atoms with Crippen molar-refractivity contribution in [2.24, 2.45) is 0 Å². The first-order valence-corrected chi connectivity index (χ1v) is 11.9. The van der Waals surface area contributed by atoms with Gasteiger partial charge in [0.15, 0.2) is 5.16 Å². The van der Waals surface area contributed by atoms with Crippen LogP contribution in [-0.2, 0) is 14.3 Å². The fourth-order valence-corrected chi connectivity index (χ4v) is 4.12. The minimum absolute atomic E-state index is 0.352. The van der Waals surface area contributed by atoms with Crippen molar-refractivity contribution in [1.29, 1.82) is 0 Å². The van der Waals surface area contributed by atoms with Crippen molar-refractivity contribution in [3.63, 3.8) is 0 Å². The first-order valence-electron chi connectivity index (χ1n) is 11.1. The first-order chi connectivity index (χ1) is 17.1. The van der Waals surface area contributed by atoms with Crippen molar-refractivity contribution in [2.45, 2.75) is 10.1 Å². The first kappa shape index (κ1) is 26.6. The zero-order valence-electron chi connectivity index (χ0n) is 20.2. The number of amides is 1. The summed E-state index contributed by atoms with van der Waals surface area (Å²) in [5.41, 5.74) is 0. The van der Waals surface area contributed by atoms with Crippen LogP contribution in [0.4, 0.5) is 11.8 Å². The van der Waals surface area contributed by atoms with E-state index in [2.05, 4.69) is 41.6 Å². The summed E-state index contributed by atoms with van der Waals surface area (Å²) in [6.07, 6.45) is 2.72. The highest BCUT2D eigenvalue weighted by Gasteiger charge is 2.24. The molecule has 0 bridgehead atoms. The number of ether oxygens (including phenoxy) is 4. The summed E-state index contributed by atoms with van der Waals surface area (Å²) in [6.45, 7) is 9.47. The number of carbonyl (C=O) groups excluding carboxylic acids is 1. The lowest BCUT2D eigenvalue weighted by atomic mass is 10.3. The maximum atomic E-state index is 11.6. The molecule has 3 rings (SSSR count). The van der Waals surface area contributed by atoms with Crippen LogP contribution in [-0.4, -0.2) is 105 Å². The second kappa shape index (κ2) is 13.8. The molecule has 12 nitrogen and oxygen atoms in total. The predicted octanol–water partition coefficient (Wildman–Crippen LogP) is 1.34. The Morgan fingerprint density at radius 3 is 2.43 bits per heavy atom. The van der Waals surface area contributed by atoms with Crippen LogP contribution in [0.2, 0.25) is 0 Å². The van der Waals surface area contributed by atoms with Gasteiger partial charge in [-0.05, 0) is 23.9 Å². The molecule has 1 aliphatic heterocycles. The van der Waals surface area contributed by atoms with Gasteiger partial charge in [0, 0.05) is 46.0 Å². The fraction of sp³-hybridized carbons (Fsp3) is 0.500. The molecule has 35 heavy (non-hydrogen) atoms. The monoisotopic (exact) mass is 505 g/mol. The van der Waals surface area contributed by atoms with Crippen LogP contribution in [0.15, 0.2) is 35.0 Å². The van der Waals surface area contributed by atoms with E-state index < -0.39 is 0 Å². The summed E-state index contributed by atoms with van der Waals surface area (Å²) in [5.74, 6) is 1.24. The largest absolute Gasteiger partial charge is 0.480 e. The number of rotatable bonds is 13. The third-order valence-corrected chi connectivity index (χ3v) is 6.01. The van der Waals surface area contributed by atoms with Gasteiger partial charge in [-0.3, -0.25) is 9.69 Å². The van der Waals surface area contributed by atoms with Gasteiger partial charge in [-0.15, -0.1) is 0 Å². The number of aromatic nitrogens is 4. The Labute approximate surface area is 209 Å². The van der Waals surface area contributed by atoms with Gasteiger partial charge in [0.05, 0.1) is 34.0 Å². The Morgan fingerprint density at radius 2 is 1.80 bits per heavy atom. The Morgan fingerprint density at radius 1 is 1.09 bits per heavy atom. The van der Waals surface area contributed by atoms with Gasteiger partial charge >= 0.3 is 0 Å². The molecular weight excluding hydrogens is 474 g/mol. The van der Waals surface area contributed by atoms with E-state index in [-0.39, 0.29) is 5.91 Å². The SMILES string of the molecule is C=CC(=O)Nc1ccnc(Sc2c(OC)nc(N3CCN(CCOCCOC)CC3)nc2OC)n1. The van der Waals surface area contributed by atoms with Crippen molar-refractivity contribution < 1.29 is 23.7 Å². The molecule has 0 aromatic carbocycles. The molecule has 1 aliphatic rings. The number of hydrogen-bond acceptors (Lipinski definition) is 12. The van der Waals surface area contributed by atoms with Crippen LogP contribution < -0.4 is 19.7 Å². The molecule has 1 amide bonds. The van der Waals surface area contributed by atoms with E-state index in [0.717, 1.165) is 32.7 Å². The van der Waals surface area contributed by atoms with Crippen LogP contribution >= 0.6 is 11.8 Å². The topological polar surface area (TPSA) is 124 Å². The predicted molar refractivity (Wildman–Crippen MR) is 131 cm³/mol. The van der Waals surface area contributed by atoms with Gasteiger partial charge in [0.25, 0.3) is 0 Å². The van der Waals surface area contributed by atoms with Crippen LogP contribution in [0.3, 0.4) is 0 Å². The molecule has 1 saturated heterocycles. The van der Waals surface area contributed by atoms with Gasteiger partial charge in [-0.1, -0.05) is 6.58 Å². The van der Waals surface area contributed by atoms with Crippen LogP contribution in [0.25, 0.3) is 0 Å². The minimum atomic E-state index is -0.360. The van der Waals surface area contributed by atoms with E-state index in [1.54, 1.807) is 33.6 Å². The van der Waals surface area contributed by atoms with Crippen LogP contribution in [0.1, 0.15) is 0 Å². The molecule has 0 radical (unpaired) electrons. The Balaban J connectivity index is 1.67.